The summed E-state index contributed by atoms with van der Waals surface area (Å²) in [5, 5.41) is 13.3. The summed E-state index contributed by atoms with van der Waals surface area (Å²) in [5.41, 5.74) is 0.247. The number of halogens is 1. The van der Waals surface area contributed by atoms with E-state index < -0.39 is 29.4 Å². The Morgan fingerprint density at radius 1 is 1.06 bits per heavy atom. The number of nitrogens with one attached hydrogen (secondary N) is 1. The lowest BCUT2D eigenvalue weighted by Gasteiger charge is -2.37. The van der Waals surface area contributed by atoms with Gasteiger partial charge in [-0.3, -0.25) is 14.6 Å². The van der Waals surface area contributed by atoms with Crippen LogP contribution in [0.25, 0.3) is 0 Å². The lowest BCUT2D eigenvalue weighted by Crippen LogP contribution is -2.50. The number of hydrogen-bond acceptors (Lipinski definition) is 6. The van der Waals surface area contributed by atoms with E-state index in [1.54, 1.807) is 14.0 Å². The Bertz CT molecular complexity index is 1010. The van der Waals surface area contributed by atoms with Crippen LogP contribution in [0.15, 0.2) is 48.5 Å². The minimum Gasteiger partial charge on any atom is -0.495 e. The zero-order chi connectivity index (χ0) is 23.6. The van der Waals surface area contributed by atoms with Gasteiger partial charge in [-0.2, -0.15) is 0 Å². The second-order valence-corrected chi connectivity index (χ2v) is 8.59. The second kappa shape index (κ2) is 9.36. The van der Waals surface area contributed by atoms with Gasteiger partial charge in [0.1, 0.15) is 17.1 Å². The Morgan fingerprint density at radius 3 is 2.39 bits per heavy atom. The van der Waals surface area contributed by atoms with Gasteiger partial charge in [0, 0.05) is 32.7 Å². The lowest BCUT2D eigenvalue weighted by atomic mass is 9.92. The van der Waals surface area contributed by atoms with Crippen molar-refractivity contribution >= 4 is 17.6 Å². The van der Waals surface area contributed by atoms with Crippen LogP contribution >= 0.6 is 0 Å². The number of piperazine rings is 1. The number of β-amino-alcohol motifs (C(OH)–C–C–N with tert-alkyl or cyclic N) is 1. The summed E-state index contributed by atoms with van der Waals surface area (Å²) < 4.78 is 18.7. The highest BCUT2D eigenvalue weighted by atomic mass is 19.1. The Kier molecular flexibility index (Phi) is 6.53. The molecule has 0 aliphatic carbocycles. The number of carbonyl (C=O) groups excluding carboxylic acids is 2. The molecular weight excluding hydrogens is 427 g/mol. The molecule has 9 heteroatoms. The number of rotatable bonds is 7. The molecule has 2 N–H and O–H groups in total. The molecule has 0 bridgehead atoms. The molecule has 2 unspecified atom stereocenters. The minimum absolute atomic E-state index is 0.103. The van der Waals surface area contributed by atoms with Gasteiger partial charge in [0.05, 0.1) is 25.4 Å². The molecule has 2 heterocycles. The monoisotopic (exact) mass is 456 g/mol. The highest BCUT2D eigenvalue weighted by Gasteiger charge is 2.49. The molecule has 2 aliphatic heterocycles. The highest BCUT2D eigenvalue weighted by Crippen LogP contribution is 2.30. The van der Waals surface area contributed by atoms with Crippen molar-refractivity contribution in [2.45, 2.75) is 18.6 Å². The molecule has 3 amide bonds. The topological polar surface area (TPSA) is 85.3 Å². The number of hydrogen-bond donors (Lipinski definition) is 2. The molecule has 2 aromatic carbocycles. The van der Waals surface area contributed by atoms with Gasteiger partial charge in [-0.15, -0.1) is 0 Å². The molecule has 33 heavy (non-hydrogen) atoms. The fourth-order valence-corrected chi connectivity index (χ4v) is 4.47. The van der Waals surface area contributed by atoms with E-state index in [4.69, 9.17) is 4.74 Å². The maximum atomic E-state index is 13.3. The molecule has 0 spiro atoms. The molecule has 2 saturated heterocycles. The number of aliphatic hydroxyl groups excluding tert-OH is 1. The summed E-state index contributed by atoms with van der Waals surface area (Å²) in [6.07, 6.45) is -0.881. The number of nitrogens with zero attached hydrogens (tertiary/aromatic N) is 3. The van der Waals surface area contributed by atoms with Crippen LogP contribution in [0.2, 0.25) is 0 Å². The van der Waals surface area contributed by atoms with Crippen LogP contribution < -0.4 is 15.0 Å². The molecule has 2 aliphatic rings. The van der Waals surface area contributed by atoms with E-state index >= 15 is 0 Å². The predicted octanol–water partition coefficient (Wildman–Crippen LogP) is 1.78. The Balaban J connectivity index is 1.33. The Labute approximate surface area is 192 Å². The maximum Gasteiger partial charge on any atom is 0.325 e. The fourth-order valence-electron chi connectivity index (χ4n) is 4.47. The van der Waals surface area contributed by atoms with Crippen molar-refractivity contribution in [3.63, 3.8) is 0 Å². The van der Waals surface area contributed by atoms with Crippen LogP contribution in [-0.4, -0.2) is 79.3 Å². The zero-order valence-electron chi connectivity index (χ0n) is 18.8. The minimum atomic E-state index is -1.29. The van der Waals surface area contributed by atoms with E-state index in [2.05, 4.69) is 15.1 Å². The van der Waals surface area contributed by atoms with Crippen molar-refractivity contribution in [1.82, 2.24) is 15.1 Å². The number of amides is 3. The van der Waals surface area contributed by atoms with Crippen LogP contribution in [0.1, 0.15) is 12.5 Å². The van der Waals surface area contributed by atoms with E-state index in [1.807, 2.05) is 24.3 Å². The summed E-state index contributed by atoms with van der Waals surface area (Å²) >= 11 is 0. The van der Waals surface area contributed by atoms with Crippen LogP contribution in [0.4, 0.5) is 14.9 Å². The molecular formula is C24H29FN4O4. The van der Waals surface area contributed by atoms with Gasteiger partial charge in [0.2, 0.25) is 0 Å². The van der Waals surface area contributed by atoms with E-state index in [0.29, 0.717) is 12.1 Å². The van der Waals surface area contributed by atoms with Crippen LogP contribution in [0.3, 0.4) is 0 Å². The van der Waals surface area contributed by atoms with Gasteiger partial charge >= 0.3 is 6.03 Å². The summed E-state index contributed by atoms with van der Waals surface area (Å²) in [4.78, 5) is 30.9. The van der Waals surface area contributed by atoms with Gasteiger partial charge < -0.3 is 20.1 Å². The molecule has 0 radical (unpaired) electrons. The normalized spacial score (nSPS) is 22.4. The summed E-state index contributed by atoms with van der Waals surface area (Å²) in [6.45, 7) is 4.87. The van der Waals surface area contributed by atoms with Crippen LogP contribution in [0.5, 0.6) is 5.75 Å². The summed E-state index contributed by atoms with van der Waals surface area (Å²) in [5.74, 6) is -0.0508. The lowest BCUT2D eigenvalue weighted by molar-refractivity contribution is -0.132. The molecule has 4 rings (SSSR count). The number of ether oxygens (including phenoxy) is 1. The average Bonchev–Trinajstić information content (AvgIpc) is 3.03. The molecule has 2 aromatic rings. The number of benzene rings is 2. The van der Waals surface area contributed by atoms with Gasteiger partial charge in [-0.1, -0.05) is 24.3 Å². The van der Waals surface area contributed by atoms with Crippen LogP contribution in [0, 0.1) is 5.82 Å². The van der Waals surface area contributed by atoms with Gasteiger partial charge in [0.15, 0.2) is 0 Å². The predicted molar refractivity (Wildman–Crippen MR) is 122 cm³/mol. The largest absolute Gasteiger partial charge is 0.495 e. The second-order valence-electron chi connectivity index (χ2n) is 8.59. The number of para-hydroxylation sites is 2. The van der Waals surface area contributed by atoms with Crippen LogP contribution in [-0.2, 0) is 10.3 Å². The van der Waals surface area contributed by atoms with Gasteiger partial charge in [-0.05, 0) is 36.8 Å². The first-order valence-corrected chi connectivity index (χ1v) is 11.0. The van der Waals surface area contributed by atoms with Crippen molar-refractivity contribution in [1.29, 1.82) is 0 Å². The molecule has 2 fully saturated rings. The van der Waals surface area contributed by atoms with E-state index in [9.17, 15) is 19.1 Å². The number of imide groups is 1. The van der Waals surface area contributed by atoms with Crippen molar-refractivity contribution in [3.05, 3.63) is 59.9 Å². The SMILES string of the molecule is COc1ccccc1N1CCN(CC(O)CN2C(=O)NC(C)(c3ccc(F)cc3)C2=O)CC1. The highest BCUT2D eigenvalue weighted by molar-refractivity contribution is 6.07. The first-order valence-electron chi connectivity index (χ1n) is 11.0. The Hall–Kier alpha value is -3.17. The fraction of sp³-hybridized carbons (Fsp3) is 0.417. The smallest absolute Gasteiger partial charge is 0.325 e. The maximum absolute atomic E-state index is 13.3. The molecule has 8 nitrogen and oxygen atoms in total. The average molecular weight is 457 g/mol. The number of aliphatic hydroxyl groups is 1. The Morgan fingerprint density at radius 2 is 1.73 bits per heavy atom. The van der Waals surface area contributed by atoms with E-state index in [1.165, 1.54) is 24.3 Å². The third-order valence-electron chi connectivity index (χ3n) is 6.36. The van der Waals surface area contributed by atoms with Gasteiger partial charge in [0.25, 0.3) is 5.91 Å². The summed E-state index contributed by atoms with van der Waals surface area (Å²) in [6, 6.07) is 12.8. The standard InChI is InChI=1S/C24H29FN4O4/c1-24(17-7-9-18(25)10-8-17)22(31)29(23(32)26-24)16-19(30)15-27-11-13-28(14-12-27)20-5-3-4-6-21(20)33-2/h3-10,19,30H,11-16H2,1-2H3,(H,26,32). The van der Waals surface area contributed by atoms with Crippen molar-refractivity contribution in [2.24, 2.45) is 0 Å². The van der Waals surface area contributed by atoms with Crippen molar-refractivity contribution in [2.75, 3.05) is 51.3 Å². The number of methoxy groups -OCH3 is 1. The molecule has 176 valence electrons. The molecule has 0 saturated carbocycles. The zero-order valence-corrected chi connectivity index (χ0v) is 18.8. The molecule has 2 atom stereocenters. The number of anilines is 1. The van der Waals surface area contributed by atoms with Crippen molar-refractivity contribution in [3.8, 4) is 5.75 Å². The van der Waals surface area contributed by atoms with Crippen molar-refractivity contribution < 1.29 is 23.8 Å². The number of carbonyl (C=O) groups is 2. The first kappa shape index (κ1) is 23.0. The third kappa shape index (κ3) is 4.65. The first-order chi connectivity index (χ1) is 15.8. The van der Waals surface area contributed by atoms with Gasteiger partial charge in [-0.25, -0.2) is 9.18 Å². The van der Waals surface area contributed by atoms with E-state index in [0.717, 1.165) is 42.5 Å². The molecule has 0 aromatic heterocycles. The quantitative estimate of drug-likeness (QED) is 0.618. The summed E-state index contributed by atoms with van der Waals surface area (Å²) in [7, 11) is 1.66. The third-order valence-corrected chi connectivity index (χ3v) is 6.36. The number of urea groups is 1. The van der Waals surface area contributed by atoms with E-state index in [-0.39, 0.29) is 6.54 Å².